The van der Waals surface area contributed by atoms with Crippen LogP contribution in [0.25, 0.3) is 0 Å². The molecule has 2 heteroatoms. The highest BCUT2D eigenvalue weighted by atomic mass is 15.1. The second-order valence-electron chi connectivity index (χ2n) is 3.98. The zero-order valence-electron chi connectivity index (χ0n) is 9.79. The van der Waals surface area contributed by atoms with Gasteiger partial charge in [0.25, 0.3) is 5.82 Å². The van der Waals surface area contributed by atoms with Gasteiger partial charge in [-0.1, -0.05) is 20.3 Å². The molecule has 0 aromatic carbocycles. The van der Waals surface area contributed by atoms with Crippen molar-refractivity contribution in [2.45, 2.75) is 52.5 Å². The summed E-state index contributed by atoms with van der Waals surface area (Å²) in [6.45, 7) is 5.68. The fourth-order valence-electron chi connectivity index (χ4n) is 1.83. The van der Waals surface area contributed by atoms with Gasteiger partial charge in [-0.25, -0.2) is 9.13 Å². The third-order valence-electron chi connectivity index (χ3n) is 2.69. The molecule has 0 unspecified atom stereocenters. The van der Waals surface area contributed by atoms with E-state index in [0.29, 0.717) is 0 Å². The van der Waals surface area contributed by atoms with Crippen molar-refractivity contribution in [1.82, 2.24) is 4.57 Å². The summed E-state index contributed by atoms with van der Waals surface area (Å²) in [6.07, 6.45) is 10.7. The van der Waals surface area contributed by atoms with Crippen LogP contribution in [-0.2, 0) is 20.0 Å². The molecule has 0 spiro atoms. The Balaban J connectivity index is 2.56. The molecule has 0 aliphatic heterocycles. The topological polar surface area (TPSA) is 8.81 Å². The van der Waals surface area contributed by atoms with Gasteiger partial charge in [0.05, 0.1) is 13.6 Å². The molecule has 0 saturated heterocycles. The lowest BCUT2D eigenvalue weighted by molar-refractivity contribution is -0.678. The summed E-state index contributed by atoms with van der Waals surface area (Å²) in [5.41, 5.74) is 0. The summed E-state index contributed by atoms with van der Waals surface area (Å²) in [5.74, 6) is 1.46. The van der Waals surface area contributed by atoms with Gasteiger partial charge >= 0.3 is 0 Å². The van der Waals surface area contributed by atoms with Crippen molar-refractivity contribution in [2.75, 3.05) is 0 Å². The molecule has 0 amide bonds. The third-order valence-corrected chi connectivity index (χ3v) is 2.69. The first-order chi connectivity index (χ1) is 6.79. The Morgan fingerprint density at radius 2 is 2.00 bits per heavy atom. The average Bonchev–Trinajstić information content (AvgIpc) is 2.51. The highest BCUT2D eigenvalue weighted by Gasteiger charge is 2.11. The molecule has 0 bridgehead atoms. The predicted molar refractivity (Wildman–Crippen MR) is 59.1 cm³/mol. The van der Waals surface area contributed by atoms with Crippen LogP contribution in [0, 0.1) is 0 Å². The van der Waals surface area contributed by atoms with Crippen LogP contribution in [0.3, 0.4) is 0 Å². The molecule has 1 rings (SSSR count). The van der Waals surface area contributed by atoms with E-state index in [0.717, 1.165) is 0 Å². The molecule has 2 nitrogen and oxygen atoms in total. The highest BCUT2D eigenvalue weighted by molar-refractivity contribution is 4.83. The Bertz CT molecular complexity index is 263. The molecule has 1 aromatic heterocycles. The minimum absolute atomic E-state index is 1.18. The third kappa shape index (κ3) is 2.86. The number of unbranched alkanes of at least 4 members (excludes halogenated alkanes) is 2. The monoisotopic (exact) mass is 195 g/mol. The van der Waals surface area contributed by atoms with Crippen LogP contribution >= 0.6 is 0 Å². The normalized spacial score (nSPS) is 10.8. The second-order valence-corrected chi connectivity index (χ2v) is 3.98. The predicted octanol–water partition coefficient (Wildman–Crippen LogP) is 2.46. The van der Waals surface area contributed by atoms with Gasteiger partial charge in [0.2, 0.25) is 0 Å². The molecule has 0 fully saturated rings. The van der Waals surface area contributed by atoms with Gasteiger partial charge in [0.1, 0.15) is 12.4 Å². The Kier molecular flexibility index (Phi) is 4.71. The lowest BCUT2D eigenvalue weighted by Gasteiger charge is -2.01. The first-order valence-corrected chi connectivity index (χ1v) is 5.83. The van der Waals surface area contributed by atoms with Crippen LogP contribution in [0.4, 0.5) is 0 Å². The molecule has 0 N–H and O–H groups in total. The molecular formula is C12H23N2+. The first-order valence-electron chi connectivity index (χ1n) is 5.83. The van der Waals surface area contributed by atoms with E-state index in [1.165, 1.54) is 44.5 Å². The van der Waals surface area contributed by atoms with Crippen LogP contribution in [-0.4, -0.2) is 4.57 Å². The summed E-state index contributed by atoms with van der Waals surface area (Å²) in [5, 5.41) is 0. The maximum atomic E-state index is 2.40. The minimum atomic E-state index is 1.18. The molecule has 0 radical (unpaired) electrons. The van der Waals surface area contributed by atoms with Crippen LogP contribution in [0.2, 0.25) is 0 Å². The Morgan fingerprint density at radius 3 is 2.64 bits per heavy atom. The molecule has 1 heterocycles. The smallest absolute Gasteiger partial charge is 0.237 e. The minimum Gasteiger partial charge on any atom is -0.237 e. The number of imidazole rings is 1. The lowest BCUT2D eigenvalue weighted by atomic mass is 10.2. The van der Waals surface area contributed by atoms with E-state index in [2.05, 4.69) is 42.4 Å². The van der Waals surface area contributed by atoms with Crippen LogP contribution in [0.5, 0.6) is 0 Å². The molecule has 80 valence electrons. The molecule has 0 aliphatic rings. The van der Waals surface area contributed by atoms with Crippen molar-refractivity contribution in [3.63, 3.8) is 0 Å². The fraction of sp³-hybridized carbons (Fsp3) is 0.750. The Hall–Kier alpha value is -0.790. The van der Waals surface area contributed by atoms with Crippen molar-refractivity contribution >= 4 is 0 Å². The lowest BCUT2D eigenvalue weighted by Crippen LogP contribution is -2.32. The van der Waals surface area contributed by atoms with Gasteiger partial charge in [0, 0.05) is 6.42 Å². The molecule has 0 aliphatic carbocycles. The van der Waals surface area contributed by atoms with Crippen molar-refractivity contribution in [2.24, 2.45) is 7.05 Å². The van der Waals surface area contributed by atoms with Crippen molar-refractivity contribution < 1.29 is 4.57 Å². The highest BCUT2D eigenvalue weighted by Crippen LogP contribution is 2.03. The van der Waals surface area contributed by atoms with Gasteiger partial charge in [-0.15, -0.1) is 0 Å². The maximum absolute atomic E-state index is 2.40. The van der Waals surface area contributed by atoms with Gasteiger partial charge in [0.15, 0.2) is 0 Å². The van der Waals surface area contributed by atoms with Gasteiger partial charge in [-0.05, 0) is 19.3 Å². The van der Waals surface area contributed by atoms with Crippen molar-refractivity contribution in [3.8, 4) is 0 Å². The standard InChI is InChI=1S/C12H23N2/c1-4-6-7-9-14-11-10-13(3)12(14)8-5-2/h10-11H,4-9H2,1-3H3/q+1. The van der Waals surface area contributed by atoms with Crippen molar-refractivity contribution in [3.05, 3.63) is 18.2 Å². The molecule has 0 saturated carbocycles. The van der Waals surface area contributed by atoms with E-state index in [1.807, 2.05) is 0 Å². The van der Waals surface area contributed by atoms with E-state index in [4.69, 9.17) is 0 Å². The number of aromatic nitrogens is 2. The molecule has 1 aromatic rings. The summed E-state index contributed by atoms with van der Waals surface area (Å²) < 4.78 is 4.65. The summed E-state index contributed by atoms with van der Waals surface area (Å²) in [4.78, 5) is 0. The molecular weight excluding hydrogens is 172 g/mol. The Labute approximate surface area is 87.6 Å². The van der Waals surface area contributed by atoms with Crippen LogP contribution < -0.4 is 4.57 Å². The van der Waals surface area contributed by atoms with E-state index < -0.39 is 0 Å². The van der Waals surface area contributed by atoms with Gasteiger partial charge in [-0.2, -0.15) is 0 Å². The summed E-state index contributed by atoms with van der Waals surface area (Å²) in [7, 11) is 2.14. The fourth-order valence-corrected chi connectivity index (χ4v) is 1.83. The van der Waals surface area contributed by atoms with E-state index in [9.17, 15) is 0 Å². The molecule has 0 atom stereocenters. The zero-order chi connectivity index (χ0) is 10.4. The number of hydrogen-bond donors (Lipinski definition) is 0. The van der Waals surface area contributed by atoms with Gasteiger partial charge < -0.3 is 0 Å². The van der Waals surface area contributed by atoms with E-state index in [-0.39, 0.29) is 0 Å². The van der Waals surface area contributed by atoms with Crippen LogP contribution in [0.1, 0.15) is 45.4 Å². The van der Waals surface area contributed by atoms with Crippen molar-refractivity contribution in [1.29, 1.82) is 0 Å². The number of aryl methyl sites for hydroxylation is 2. The summed E-state index contributed by atoms with van der Waals surface area (Å²) in [6, 6.07) is 0. The summed E-state index contributed by atoms with van der Waals surface area (Å²) >= 11 is 0. The largest absolute Gasteiger partial charge is 0.256 e. The van der Waals surface area contributed by atoms with Gasteiger partial charge in [-0.3, -0.25) is 0 Å². The number of rotatable bonds is 6. The first kappa shape index (κ1) is 11.3. The Morgan fingerprint density at radius 1 is 1.21 bits per heavy atom. The number of hydrogen-bond acceptors (Lipinski definition) is 0. The zero-order valence-corrected chi connectivity index (χ0v) is 9.79. The maximum Gasteiger partial charge on any atom is 0.256 e. The van der Waals surface area contributed by atoms with E-state index >= 15 is 0 Å². The molecule has 14 heavy (non-hydrogen) atoms. The van der Waals surface area contributed by atoms with Crippen LogP contribution in [0.15, 0.2) is 12.4 Å². The quantitative estimate of drug-likeness (QED) is 0.487. The average molecular weight is 195 g/mol. The SMILES string of the molecule is CCCCCn1cc[n+](C)c1CCC. The van der Waals surface area contributed by atoms with E-state index in [1.54, 1.807) is 0 Å². The number of nitrogens with zero attached hydrogens (tertiary/aromatic N) is 2. The second kappa shape index (κ2) is 5.84.